The smallest absolute Gasteiger partial charge is 0.276 e. The third kappa shape index (κ3) is 5.35. The molecule has 0 aliphatic carbocycles. The van der Waals surface area contributed by atoms with Crippen LogP contribution in [0.3, 0.4) is 0 Å². The van der Waals surface area contributed by atoms with Gasteiger partial charge in [0.25, 0.3) is 6.33 Å². The summed E-state index contributed by atoms with van der Waals surface area (Å²) in [5, 5.41) is 18.9. The number of tetrazole rings is 1. The lowest BCUT2D eigenvalue weighted by molar-refractivity contribution is -0.659. The molecule has 0 fully saturated rings. The number of aryl methyl sites for hydroxylation is 1. The zero-order valence-electron chi connectivity index (χ0n) is 21.7. The van der Waals surface area contributed by atoms with E-state index in [1.807, 2.05) is 6.07 Å². The molecule has 0 spiro atoms. The van der Waals surface area contributed by atoms with E-state index in [9.17, 15) is 13.2 Å². The lowest BCUT2D eigenvalue weighted by Crippen LogP contribution is -2.33. The van der Waals surface area contributed by atoms with Crippen molar-refractivity contribution < 1.29 is 22.2 Å². The van der Waals surface area contributed by atoms with Crippen LogP contribution in [0, 0.1) is 5.82 Å². The summed E-state index contributed by atoms with van der Waals surface area (Å²) in [6.45, 7) is 0. The van der Waals surface area contributed by atoms with Crippen LogP contribution in [0.15, 0.2) is 79.8 Å². The van der Waals surface area contributed by atoms with Crippen LogP contribution in [0.4, 0.5) is 17.6 Å². The molecule has 5 heterocycles. The van der Waals surface area contributed by atoms with Gasteiger partial charge in [0.1, 0.15) is 16.5 Å². The number of nitrogens with zero attached hydrogens (tertiary/aromatic N) is 9. The highest BCUT2D eigenvalue weighted by Crippen LogP contribution is 2.33. The average molecular weight is 596 g/mol. The molecule has 212 valence electrons. The number of hydrogen-bond acceptors (Lipinski definition) is 6. The summed E-state index contributed by atoms with van der Waals surface area (Å²) < 4.78 is 59.8. The molecule has 0 aliphatic rings. The molecular weight excluding hydrogens is 576 g/mol. The number of aromatic nitrogens is 10. The number of aromatic amines is 1. The lowest BCUT2D eigenvalue weighted by Gasteiger charge is -2.17. The predicted octanol–water partition coefficient (Wildman–Crippen LogP) is 4.78. The Morgan fingerprint density at radius 3 is 2.57 bits per heavy atom. The van der Waals surface area contributed by atoms with Crippen molar-refractivity contribution in [2.75, 3.05) is 0 Å². The van der Waals surface area contributed by atoms with Crippen molar-refractivity contribution in [1.82, 2.24) is 45.1 Å². The molecule has 15 heteroatoms. The Bertz CT molecular complexity index is 1850. The number of H-pyrrole nitrogens is 1. The van der Waals surface area contributed by atoms with Gasteiger partial charge in [0, 0.05) is 49.4 Å². The molecule has 0 unspecified atom stereocenters. The summed E-state index contributed by atoms with van der Waals surface area (Å²) in [4.78, 5) is 8.07. The molecule has 0 bridgehead atoms. The van der Waals surface area contributed by atoms with Gasteiger partial charge in [-0.05, 0) is 42.0 Å². The maximum absolute atomic E-state index is 15.3. The van der Waals surface area contributed by atoms with E-state index in [0.29, 0.717) is 34.5 Å². The van der Waals surface area contributed by atoms with Crippen molar-refractivity contribution in [3.05, 3.63) is 108 Å². The highest BCUT2D eigenvalue weighted by Gasteiger charge is 2.32. The second-order valence-electron chi connectivity index (χ2n) is 9.37. The molecule has 0 radical (unpaired) electrons. The normalized spacial score (nSPS) is 12.5. The third-order valence-electron chi connectivity index (χ3n) is 6.60. The molecule has 42 heavy (non-hydrogen) atoms. The number of hydrogen-bond donors (Lipinski definition) is 1. The first-order chi connectivity index (χ1) is 20.2. The Morgan fingerprint density at radius 1 is 1.02 bits per heavy atom. The largest absolute Gasteiger partial charge is 0.433 e. The number of halogens is 5. The van der Waals surface area contributed by atoms with Gasteiger partial charge in [0.2, 0.25) is 0 Å². The Hall–Kier alpha value is -4.98. The molecule has 1 atom stereocenters. The lowest BCUT2D eigenvalue weighted by atomic mass is 10.0. The molecule has 1 N–H and O–H groups in total. The molecule has 1 aromatic carbocycles. The van der Waals surface area contributed by atoms with Gasteiger partial charge in [-0.2, -0.15) is 23.4 Å². The number of benzene rings is 1. The summed E-state index contributed by atoms with van der Waals surface area (Å²) in [6.07, 6.45) is 4.77. The second-order valence-corrected chi connectivity index (χ2v) is 9.77. The standard InChI is InChI=1S/C27H19ClF4N10/c1-40-9-7-19(37-40)11-23(41-14-18(13-36-41)16-6-8-33-24(10-16)27(30,31)32)21-4-2-17(12-34-21)25-22(42-15-35-38-39-42)5-3-20(28)26(25)29/h2-10,12-15,23H,11H2,1H3/p+1/t23-/m0/s1. The summed E-state index contributed by atoms with van der Waals surface area (Å²) in [5.41, 5.74) is 2.19. The summed E-state index contributed by atoms with van der Waals surface area (Å²) in [6, 6.07) is 10.3. The van der Waals surface area contributed by atoms with Crippen molar-refractivity contribution >= 4 is 11.6 Å². The van der Waals surface area contributed by atoms with E-state index < -0.39 is 23.7 Å². The minimum absolute atomic E-state index is 0.0622. The van der Waals surface area contributed by atoms with Crippen molar-refractivity contribution in [2.45, 2.75) is 18.6 Å². The number of nitrogens with one attached hydrogen (secondary N) is 1. The van der Waals surface area contributed by atoms with Gasteiger partial charge in [0.15, 0.2) is 11.0 Å². The average Bonchev–Trinajstić information content (AvgIpc) is 3.76. The monoisotopic (exact) mass is 595 g/mol. The molecule has 0 amide bonds. The van der Waals surface area contributed by atoms with Crippen LogP contribution in [-0.4, -0.2) is 45.1 Å². The van der Waals surface area contributed by atoms with Gasteiger partial charge in [0.05, 0.1) is 34.2 Å². The van der Waals surface area contributed by atoms with E-state index >= 15 is 4.39 Å². The van der Waals surface area contributed by atoms with Crippen LogP contribution in [-0.2, 0) is 19.6 Å². The van der Waals surface area contributed by atoms with E-state index in [0.717, 1.165) is 18.0 Å². The topological polar surface area (TPSA) is 107 Å². The zero-order valence-corrected chi connectivity index (χ0v) is 22.5. The summed E-state index contributed by atoms with van der Waals surface area (Å²) in [5.74, 6) is -0.636. The Labute approximate surface area is 240 Å². The second kappa shape index (κ2) is 10.8. The Balaban J connectivity index is 1.38. The molecule has 6 aromatic rings. The highest BCUT2D eigenvalue weighted by molar-refractivity contribution is 6.31. The van der Waals surface area contributed by atoms with Crippen LogP contribution < -0.4 is 4.68 Å². The van der Waals surface area contributed by atoms with Gasteiger partial charge in [-0.1, -0.05) is 22.9 Å². The van der Waals surface area contributed by atoms with Crippen LogP contribution in [0.5, 0.6) is 0 Å². The van der Waals surface area contributed by atoms with Crippen molar-refractivity contribution in [2.24, 2.45) is 7.05 Å². The highest BCUT2D eigenvalue weighted by atomic mass is 35.5. The maximum atomic E-state index is 15.3. The van der Waals surface area contributed by atoms with Crippen LogP contribution >= 0.6 is 11.6 Å². The molecule has 10 nitrogen and oxygen atoms in total. The van der Waals surface area contributed by atoms with Crippen LogP contribution in [0.2, 0.25) is 5.02 Å². The van der Waals surface area contributed by atoms with E-state index in [2.05, 4.69) is 35.7 Å². The molecule has 0 aliphatic heterocycles. The first kappa shape index (κ1) is 27.2. The fourth-order valence-electron chi connectivity index (χ4n) is 4.59. The minimum Gasteiger partial charge on any atom is -0.276 e. The number of rotatable bonds is 7. The van der Waals surface area contributed by atoms with Crippen LogP contribution in [0.1, 0.15) is 23.1 Å². The predicted molar refractivity (Wildman–Crippen MR) is 142 cm³/mol. The molecule has 5 aromatic heterocycles. The first-order valence-corrected chi connectivity index (χ1v) is 12.8. The fraction of sp³-hybridized carbons (Fsp3) is 0.148. The summed E-state index contributed by atoms with van der Waals surface area (Å²) in [7, 11) is 1.80. The zero-order chi connectivity index (χ0) is 29.4. The van der Waals surface area contributed by atoms with Gasteiger partial charge in [-0.15, -0.1) is 4.68 Å². The van der Waals surface area contributed by atoms with Crippen LogP contribution in [0.25, 0.3) is 27.9 Å². The molecular formula is C27H20ClF4N10+. The van der Waals surface area contributed by atoms with Crippen molar-refractivity contribution in [3.63, 3.8) is 0 Å². The van der Waals surface area contributed by atoms with Crippen molar-refractivity contribution in [1.29, 1.82) is 0 Å². The minimum atomic E-state index is -4.58. The van der Waals surface area contributed by atoms with Gasteiger partial charge in [-0.25, -0.2) is 4.39 Å². The molecule has 6 rings (SSSR count). The Morgan fingerprint density at radius 2 is 1.88 bits per heavy atom. The van der Waals surface area contributed by atoms with E-state index in [4.69, 9.17) is 11.6 Å². The van der Waals surface area contributed by atoms with E-state index in [1.54, 1.807) is 47.0 Å². The first-order valence-electron chi connectivity index (χ1n) is 12.5. The Kier molecular flexibility index (Phi) is 6.98. The summed E-state index contributed by atoms with van der Waals surface area (Å²) >= 11 is 6.11. The van der Waals surface area contributed by atoms with Gasteiger partial charge < -0.3 is 0 Å². The van der Waals surface area contributed by atoms with Gasteiger partial charge >= 0.3 is 6.18 Å². The van der Waals surface area contributed by atoms with Gasteiger partial charge in [-0.3, -0.25) is 19.3 Å². The quantitative estimate of drug-likeness (QED) is 0.210. The van der Waals surface area contributed by atoms with E-state index in [1.165, 1.54) is 35.5 Å². The van der Waals surface area contributed by atoms with Crippen molar-refractivity contribution in [3.8, 4) is 27.9 Å². The maximum Gasteiger partial charge on any atom is 0.433 e. The van der Waals surface area contributed by atoms with E-state index in [-0.39, 0.29) is 10.6 Å². The third-order valence-corrected chi connectivity index (χ3v) is 6.89. The molecule has 0 saturated heterocycles. The SMILES string of the molecule is Cn1ccc(C[C@@H](c2ccc(-c3c(-[n+]4cnn[nH]4)ccc(Cl)c3F)cn2)n2cc(-c3ccnc(C(F)(F)F)c3)cn2)n1. The number of alkyl halides is 3. The number of pyridine rings is 2. The molecule has 0 saturated carbocycles. The fourth-order valence-corrected chi connectivity index (χ4v) is 4.74.